The van der Waals surface area contributed by atoms with Crippen molar-refractivity contribution in [2.75, 3.05) is 6.54 Å². The van der Waals surface area contributed by atoms with Gasteiger partial charge in [0.25, 0.3) is 0 Å². The number of nitrogens with zero attached hydrogens (tertiary/aromatic N) is 4. The fourth-order valence-electron chi connectivity index (χ4n) is 4.80. The number of nitrogens with two attached hydrogens (primary N) is 1. The minimum atomic E-state index is -4.14. The maximum absolute atomic E-state index is 13.8. The van der Waals surface area contributed by atoms with Crippen molar-refractivity contribution >= 4 is 56.4 Å². The average Bonchev–Trinajstić information content (AvgIpc) is 3.48. The lowest BCUT2D eigenvalue weighted by molar-refractivity contribution is -0.124. The molecule has 1 atom stereocenters. The van der Waals surface area contributed by atoms with Crippen LogP contribution in [-0.4, -0.2) is 47.4 Å². The second-order valence-electron chi connectivity index (χ2n) is 9.77. The SMILES string of the molecule is Cc1cnc2cccc(OCc3c(Cl)ccc(S(=O)(=O)N4CCC[C@H]4C(=O)NCc4ccc(C=NN)cc4)c3Cl)c2n1. The summed E-state index contributed by atoms with van der Waals surface area (Å²) >= 11 is 13.1. The first kappa shape index (κ1) is 29.7. The molecule has 0 bridgehead atoms. The molecule has 3 N–H and O–H groups in total. The van der Waals surface area contributed by atoms with Crippen molar-refractivity contribution in [3.8, 4) is 5.75 Å². The van der Waals surface area contributed by atoms with Crippen LogP contribution in [0.1, 0.15) is 35.2 Å². The van der Waals surface area contributed by atoms with Crippen molar-refractivity contribution in [2.45, 2.75) is 43.9 Å². The van der Waals surface area contributed by atoms with Crippen LogP contribution >= 0.6 is 23.2 Å². The van der Waals surface area contributed by atoms with E-state index in [0.717, 1.165) is 16.8 Å². The zero-order valence-electron chi connectivity index (χ0n) is 22.6. The monoisotopic (exact) mass is 626 g/mol. The van der Waals surface area contributed by atoms with Gasteiger partial charge in [-0.25, -0.2) is 13.4 Å². The van der Waals surface area contributed by atoms with E-state index in [9.17, 15) is 13.2 Å². The first-order valence-corrected chi connectivity index (χ1v) is 15.3. The Balaban J connectivity index is 1.34. The standard InChI is InChI=1S/C29H28Cl2N6O4S/c1-18-14-33-23-4-2-6-25(28(23)36-18)41-17-21-22(30)11-12-26(27(21)31)42(39,40)37-13-3-5-24(37)29(38)34-15-19-7-9-20(10-8-19)16-35-32/h2,4,6-12,14,16,24H,3,5,13,15,17,32H2,1H3,(H,34,38)/t24-/m0/s1. The summed E-state index contributed by atoms with van der Waals surface area (Å²) in [5.41, 5.74) is 3.93. The fourth-order valence-corrected chi connectivity index (χ4v) is 7.32. The molecule has 5 rings (SSSR count). The lowest BCUT2D eigenvalue weighted by Gasteiger charge is -2.24. The highest BCUT2D eigenvalue weighted by Crippen LogP contribution is 2.36. The molecular weight excluding hydrogens is 599 g/mol. The van der Waals surface area contributed by atoms with Gasteiger partial charge in [0.2, 0.25) is 15.9 Å². The fraction of sp³-hybridized carbons (Fsp3) is 0.241. The van der Waals surface area contributed by atoms with Gasteiger partial charge in [0.1, 0.15) is 28.8 Å². The first-order valence-electron chi connectivity index (χ1n) is 13.1. The Hall–Kier alpha value is -3.77. The number of carbonyl (C=O) groups excluding carboxylic acids is 1. The Morgan fingerprint density at radius 3 is 2.74 bits per heavy atom. The van der Waals surface area contributed by atoms with Crippen molar-refractivity contribution in [1.29, 1.82) is 0 Å². The predicted molar refractivity (Wildman–Crippen MR) is 162 cm³/mol. The lowest BCUT2D eigenvalue weighted by Crippen LogP contribution is -2.45. The number of aromatic nitrogens is 2. The molecule has 42 heavy (non-hydrogen) atoms. The van der Waals surface area contributed by atoms with Gasteiger partial charge in [-0.1, -0.05) is 53.5 Å². The van der Waals surface area contributed by atoms with E-state index < -0.39 is 16.1 Å². The number of para-hydroxylation sites is 1. The van der Waals surface area contributed by atoms with Crippen LogP contribution in [0.4, 0.5) is 0 Å². The minimum absolute atomic E-state index is 0.0582. The molecule has 4 aromatic rings. The number of benzene rings is 3. The predicted octanol–water partition coefficient (Wildman–Crippen LogP) is 4.59. The molecule has 10 nitrogen and oxygen atoms in total. The number of carbonyl (C=O) groups is 1. The Bertz CT molecular complexity index is 1770. The molecule has 1 aromatic heterocycles. The second kappa shape index (κ2) is 12.6. The smallest absolute Gasteiger partial charge is 0.245 e. The summed E-state index contributed by atoms with van der Waals surface area (Å²) in [6.07, 6.45) is 4.10. The topological polar surface area (TPSA) is 140 Å². The molecule has 0 spiro atoms. The number of fused-ring (bicyclic) bond motifs is 1. The van der Waals surface area contributed by atoms with E-state index in [0.29, 0.717) is 35.2 Å². The van der Waals surface area contributed by atoms with E-state index in [4.69, 9.17) is 33.8 Å². The summed E-state index contributed by atoms with van der Waals surface area (Å²) in [5, 5.41) is 6.53. The average molecular weight is 628 g/mol. The van der Waals surface area contributed by atoms with Crippen molar-refractivity contribution in [1.82, 2.24) is 19.6 Å². The highest BCUT2D eigenvalue weighted by atomic mass is 35.5. The number of halogens is 2. The molecular formula is C29H28Cl2N6O4S. The molecule has 218 valence electrons. The van der Waals surface area contributed by atoms with Gasteiger partial charge in [0.05, 0.1) is 22.4 Å². The number of amides is 1. The minimum Gasteiger partial charge on any atom is -0.486 e. The maximum Gasteiger partial charge on any atom is 0.245 e. The van der Waals surface area contributed by atoms with Crippen LogP contribution in [0.15, 0.2) is 70.8 Å². The van der Waals surface area contributed by atoms with Gasteiger partial charge in [-0.2, -0.15) is 9.41 Å². The summed E-state index contributed by atoms with van der Waals surface area (Å²) < 4.78 is 34.9. The number of rotatable bonds is 9. The number of hydrazone groups is 1. The van der Waals surface area contributed by atoms with Crippen LogP contribution in [-0.2, 0) is 28.0 Å². The van der Waals surface area contributed by atoms with E-state index in [2.05, 4.69) is 20.4 Å². The number of hydrogen-bond acceptors (Lipinski definition) is 8. The molecule has 2 heterocycles. The van der Waals surface area contributed by atoms with Gasteiger partial charge in [-0.05, 0) is 55.2 Å². The third kappa shape index (κ3) is 6.19. The molecule has 1 amide bonds. The maximum atomic E-state index is 13.8. The zero-order chi connectivity index (χ0) is 29.9. The van der Waals surface area contributed by atoms with Crippen molar-refractivity contribution in [3.63, 3.8) is 0 Å². The normalized spacial score (nSPS) is 15.8. The van der Waals surface area contributed by atoms with Gasteiger partial charge in [-0.3, -0.25) is 9.78 Å². The molecule has 3 aromatic carbocycles. The van der Waals surface area contributed by atoms with Gasteiger partial charge in [0.15, 0.2) is 0 Å². The second-order valence-corrected chi connectivity index (χ2v) is 12.4. The number of sulfonamides is 1. The number of ether oxygens (including phenoxy) is 1. The molecule has 1 saturated heterocycles. The van der Waals surface area contributed by atoms with Crippen LogP contribution in [0.25, 0.3) is 11.0 Å². The summed E-state index contributed by atoms with van der Waals surface area (Å²) in [5.74, 6) is 5.25. The number of aryl methyl sites for hydroxylation is 1. The van der Waals surface area contributed by atoms with Crippen LogP contribution in [0.5, 0.6) is 5.75 Å². The Kier molecular flexibility index (Phi) is 8.93. The molecule has 0 unspecified atom stereocenters. The van der Waals surface area contributed by atoms with Crippen molar-refractivity contribution in [2.24, 2.45) is 10.9 Å². The number of hydrogen-bond donors (Lipinski definition) is 2. The van der Waals surface area contributed by atoms with Gasteiger partial charge >= 0.3 is 0 Å². The van der Waals surface area contributed by atoms with Crippen molar-refractivity contribution in [3.05, 3.63) is 93.2 Å². The summed E-state index contributed by atoms with van der Waals surface area (Å²) in [6.45, 7) is 2.15. The van der Waals surface area contributed by atoms with E-state index in [-0.39, 0.29) is 40.5 Å². The van der Waals surface area contributed by atoms with Gasteiger partial charge in [0, 0.05) is 29.9 Å². The Morgan fingerprint density at radius 2 is 1.98 bits per heavy atom. The quantitative estimate of drug-likeness (QED) is 0.157. The molecule has 0 aliphatic carbocycles. The summed E-state index contributed by atoms with van der Waals surface area (Å²) in [4.78, 5) is 21.9. The Labute approximate surface area is 253 Å². The van der Waals surface area contributed by atoms with Crippen molar-refractivity contribution < 1.29 is 17.9 Å². The van der Waals surface area contributed by atoms with E-state index in [1.54, 1.807) is 18.3 Å². The van der Waals surface area contributed by atoms with Crippen LogP contribution in [0.3, 0.4) is 0 Å². The molecule has 1 aliphatic rings. The van der Waals surface area contributed by atoms with E-state index in [1.807, 2.05) is 37.3 Å². The molecule has 0 radical (unpaired) electrons. The largest absolute Gasteiger partial charge is 0.486 e. The third-order valence-electron chi connectivity index (χ3n) is 6.94. The van der Waals surface area contributed by atoms with E-state index >= 15 is 0 Å². The Morgan fingerprint density at radius 1 is 1.19 bits per heavy atom. The van der Waals surface area contributed by atoms with Crippen LogP contribution < -0.4 is 15.9 Å². The summed E-state index contributed by atoms with van der Waals surface area (Å²) in [6, 6.07) is 14.6. The molecule has 1 fully saturated rings. The molecule has 13 heteroatoms. The highest BCUT2D eigenvalue weighted by Gasteiger charge is 2.40. The van der Waals surface area contributed by atoms with E-state index in [1.165, 1.54) is 22.7 Å². The summed E-state index contributed by atoms with van der Waals surface area (Å²) in [7, 11) is -4.14. The lowest BCUT2D eigenvalue weighted by atomic mass is 10.1. The van der Waals surface area contributed by atoms with Gasteiger partial charge in [-0.15, -0.1) is 0 Å². The first-order chi connectivity index (χ1) is 20.2. The highest BCUT2D eigenvalue weighted by molar-refractivity contribution is 7.89. The number of nitrogens with one attached hydrogen (secondary N) is 1. The zero-order valence-corrected chi connectivity index (χ0v) is 25.0. The molecule has 1 aliphatic heterocycles. The third-order valence-corrected chi connectivity index (χ3v) is 9.79. The van der Waals surface area contributed by atoms with Gasteiger partial charge < -0.3 is 15.9 Å². The van der Waals surface area contributed by atoms with Crippen LogP contribution in [0.2, 0.25) is 10.0 Å². The van der Waals surface area contributed by atoms with Crippen LogP contribution in [0, 0.1) is 6.92 Å². The molecule has 0 saturated carbocycles.